The van der Waals surface area contributed by atoms with Crippen LogP contribution in [-0.4, -0.2) is 22.1 Å². The molecule has 0 spiro atoms. The molecule has 0 aliphatic rings. The number of aromatic nitrogens is 2. The highest BCUT2D eigenvalue weighted by molar-refractivity contribution is 7.21. The molecule has 1 N–H and O–H groups in total. The number of fused-ring (bicyclic) bond motifs is 1. The number of hydrogen-bond acceptors (Lipinski definition) is 4. The molecule has 3 aromatic heterocycles. The number of benzene rings is 1. The van der Waals surface area contributed by atoms with Crippen molar-refractivity contribution >= 4 is 27.5 Å². The average Bonchev–Trinajstić information content (AvgIpc) is 3.34. The Hall–Kier alpha value is -3.12. The van der Waals surface area contributed by atoms with Crippen molar-refractivity contribution in [1.29, 1.82) is 0 Å². The number of pyridine rings is 1. The first kappa shape index (κ1) is 17.3. The van der Waals surface area contributed by atoms with Crippen LogP contribution in [0.5, 0.6) is 5.75 Å². The summed E-state index contributed by atoms with van der Waals surface area (Å²) < 4.78 is 7.49. The molecule has 4 aromatic rings. The van der Waals surface area contributed by atoms with Gasteiger partial charge in [-0.2, -0.15) is 0 Å². The SMILES string of the molecule is CCOc1cccc(CNC(=O)c2sc3ncccc3c2-n2cccc2)c1. The highest BCUT2D eigenvalue weighted by Crippen LogP contribution is 2.33. The van der Waals surface area contributed by atoms with E-state index in [9.17, 15) is 4.79 Å². The number of rotatable bonds is 6. The number of nitrogens with one attached hydrogen (secondary N) is 1. The highest BCUT2D eigenvalue weighted by atomic mass is 32.1. The zero-order valence-corrected chi connectivity index (χ0v) is 15.7. The van der Waals surface area contributed by atoms with Gasteiger partial charge >= 0.3 is 0 Å². The molecule has 5 nitrogen and oxygen atoms in total. The Bertz CT molecular complexity index is 1070. The highest BCUT2D eigenvalue weighted by Gasteiger charge is 2.20. The Balaban J connectivity index is 1.61. The van der Waals surface area contributed by atoms with Gasteiger partial charge in [0.05, 0.1) is 12.3 Å². The van der Waals surface area contributed by atoms with E-state index in [4.69, 9.17) is 4.74 Å². The van der Waals surface area contributed by atoms with Crippen molar-refractivity contribution in [2.24, 2.45) is 0 Å². The molecule has 0 aliphatic carbocycles. The quantitative estimate of drug-likeness (QED) is 0.541. The van der Waals surface area contributed by atoms with Gasteiger partial charge in [-0.3, -0.25) is 4.79 Å². The molecule has 3 heterocycles. The molecular weight excluding hydrogens is 358 g/mol. The van der Waals surface area contributed by atoms with E-state index in [1.54, 1.807) is 6.20 Å². The third kappa shape index (κ3) is 3.57. The molecular formula is C21H19N3O2S. The smallest absolute Gasteiger partial charge is 0.263 e. The van der Waals surface area contributed by atoms with Crippen LogP contribution >= 0.6 is 11.3 Å². The number of thiophene rings is 1. The van der Waals surface area contributed by atoms with Crippen molar-refractivity contribution in [2.45, 2.75) is 13.5 Å². The van der Waals surface area contributed by atoms with Crippen LogP contribution in [0.25, 0.3) is 15.9 Å². The van der Waals surface area contributed by atoms with Crippen LogP contribution < -0.4 is 10.1 Å². The first-order valence-electron chi connectivity index (χ1n) is 8.77. The first-order chi connectivity index (χ1) is 13.3. The molecule has 0 atom stereocenters. The van der Waals surface area contributed by atoms with Gasteiger partial charge in [0, 0.05) is 30.5 Å². The van der Waals surface area contributed by atoms with Gasteiger partial charge in [0.25, 0.3) is 5.91 Å². The van der Waals surface area contributed by atoms with Crippen molar-refractivity contribution in [3.05, 3.63) is 77.6 Å². The molecule has 0 fully saturated rings. The fraction of sp³-hybridized carbons (Fsp3) is 0.143. The summed E-state index contributed by atoms with van der Waals surface area (Å²) in [6.07, 6.45) is 5.63. The standard InChI is InChI=1S/C21H19N3O2S/c1-2-26-16-8-5-7-15(13-16)14-23-20(25)19-18(24-11-3-4-12-24)17-9-6-10-22-21(17)27-19/h3-13H,2,14H2,1H3,(H,23,25). The van der Waals surface area contributed by atoms with Gasteiger partial charge < -0.3 is 14.6 Å². The normalized spacial score (nSPS) is 10.9. The number of carbonyl (C=O) groups excluding carboxylic acids is 1. The average molecular weight is 377 g/mol. The van der Waals surface area contributed by atoms with Gasteiger partial charge in [-0.25, -0.2) is 4.98 Å². The fourth-order valence-electron chi connectivity index (χ4n) is 2.99. The van der Waals surface area contributed by atoms with Gasteiger partial charge in [0.15, 0.2) is 0 Å². The second-order valence-electron chi connectivity index (χ2n) is 5.99. The predicted molar refractivity (Wildman–Crippen MR) is 108 cm³/mol. The Morgan fingerprint density at radius 1 is 1.19 bits per heavy atom. The molecule has 0 radical (unpaired) electrons. The van der Waals surface area contributed by atoms with E-state index >= 15 is 0 Å². The largest absolute Gasteiger partial charge is 0.494 e. The minimum atomic E-state index is -0.108. The lowest BCUT2D eigenvalue weighted by Crippen LogP contribution is -2.23. The number of carbonyl (C=O) groups is 1. The monoisotopic (exact) mass is 377 g/mol. The van der Waals surface area contributed by atoms with Crippen molar-refractivity contribution in [3.8, 4) is 11.4 Å². The van der Waals surface area contributed by atoms with Crippen LogP contribution in [-0.2, 0) is 6.54 Å². The molecule has 6 heteroatoms. The summed E-state index contributed by atoms with van der Waals surface area (Å²) in [7, 11) is 0. The van der Waals surface area contributed by atoms with Crippen LogP contribution in [0.15, 0.2) is 67.1 Å². The molecule has 0 saturated carbocycles. The van der Waals surface area contributed by atoms with Crippen LogP contribution in [0.3, 0.4) is 0 Å². The van der Waals surface area contributed by atoms with E-state index in [2.05, 4.69) is 10.3 Å². The van der Waals surface area contributed by atoms with Gasteiger partial charge in [-0.15, -0.1) is 11.3 Å². The van der Waals surface area contributed by atoms with Crippen LogP contribution in [0, 0.1) is 0 Å². The van der Waals surface area contributed by atoms with Gasteiger partial charge in [-0.05, 0) is 48.9 Å². The molecule has 0 aliphatic heterocycles. The van der Waals surface area contributed by atoms with Gasteiger partial charge in [-0.1, -0.05) is 12.1 Å². The molecule has 0 bridgehead atoms. The third-order valence-electron chi connectivity index (χ3n) is 4.17. The predicted octanol–water partition coefficient (Wildman–Crippen LogP) is 4.42. The van der Waals surface area contributed by atoms with Crippen LogP contribution in [0.4, 0.5) is 0 Å². The Morgan fingerprint density at radius 2 is 2.04 bits per heavy atom. The lowest BCUT2D eigenvalue weighted by Gasteiger charge is -2.09. The minimum absolute atomic E-state index is 0.108. The maximum Gasteiger partial charge on any atom is 0.263 e. The Labute approximate surface area is 161 Å². The van der Waals surface area contributed by atoms with Crippen molar-refractivity contribution in [3.63, 3.8) is 0 Å². The maximum absolute atomic E-state index is 12.9. The van der Waals surface area contributed by atoms with Gasteiger partial charge in [0.2, 0.25) is 0 Å². The lowest BCUT2D eigenvalue weighted by molar-refractivity contribution is 0.0955. The van der Waals surface area contributed by atoms with E-state index in [0.29, 0.717) is 18.0 Å². The third-order valence-corrected chi connectivity index (χ3v) is 5.27. The maximum atomic E-state index is 12.9. The molecule has 27 heavy (non-hydrogen) atoms. The lowest BCUT2D eigenvalue weighted by atomic mass is 10.2. The van der Waals surface area contributed by atoms with Crippen molar-refractivity contribution in [2.75, 3.05) is 6.61 Å². The zero-order valence-electron chi connectivity index (χ0n) is 14.9. The van der Waals surface area contributed by atoms with Crippen molar-refractivity contribution < 1.29 is 9.53 Å². The number of ether oxygens (including phenoxy) is 1. The van der Waals surface area contributed by atoms with Crippen LogP contribution in [0.1, 0.15) is 22.2 Å². The molecule has 4 rings (SSSR count). The van der Waals surface area contributed by atoms with Gasteiger partial charge in [0.1, 0.15) is 15.5 Å². The summed E-state index contributed by atoms with van der Waals surface area (Å²) in [6, 6.07) is 15.5. The Morgan fingerprint density at radius 3 is 2.85 bits per heavy atom. The zero-order chi connectivity index (χ0) is 18.6. The molecule has 1 aromatic carbocycles. The fourth-order valence-corrected chi connectivity index (χ4v) is 4.05. The number of hydrogen-bond donors (Lipinski definition) is 1. The minimum Gasteiger partial charge on any atom is -0.494 e. The van der Waals surface area contributed by atoms with Crippen LogP contribution in [0.2, 0.25) is 0 Å². The molecule has 0 saturated heterocycles. The summed E-state index contributed by atoms with van der Waals surface area (Å²) >= 11 is 1.41. The molecule has 0 unspecified atom stereocenters. The van der Waals surface area contributed by atoms with E-state index in [1.165, 1.54) is 11.3 Å². The summed E-state index contributed by atoms with van der Waals surface area (Å²) in [4.78, 5) is 18.9. The van der Waals surface area contributed by atoms with E-state index in [0.717, 1.165) is 27.2 Å². The van der Waals surface area contributed by atoms with Crippen molar-refractivity contribution in [1.82, 2.24) is 14.9 Å². The summed E-state index contributed by atoms with van der Waals surface area (Å²) in [5.74, 6) is 0.701. The van der Waals surface area contributed by atoms with E-state index in [-0.39, 0.29) is 5.91 Å². The topological polar surface area (TPSA) is 56.1 Å². The Kier molecular flexibility index (Phi) is 4.89. The summed E-state index contributed by atoms with van der Waals surface area (Å²) in [5.41, 5.74) is 1.87. The summed E-state index contributed by atoms with van der Waals surface area (Å²) in [6.45, 7) is 3.00. The molecule has 1 amide bonds. The second kappa shape index (κ2) is 7.63. The first-order valence-corrected chi connectivity index (χ1v) is 9.58. The summed E-state index contributed by atoms with van der Waals surface area (Å²) in [5, 5.41) is 4.00. The number of amides is 1. The second-order valence-corrected chi connectivity index (χ2v) is 6.99. The van der Waals surface area contributed by atoms with E-state index in [1.807, 2.05) is 72.4 Å². The molecule has 136 valence electrons. The number of nitrogens with zero attached hydrogens (tertiary/aromatic N) is 2. The van der Waals surface area contributed by atoms with E-state index < -0.39 is 0 Å².